The first-order chi connectivity index (χ1) is 30.1. The third-order valence-electron chi connectivity index (χ3n) is 12.3. The van der Waals surface area contributed by atoms with Gasteiger partial charge in [-0.3, -0.25) is 0 Å². The third-order valence-corrected chi connectivity index (χ3v) is 12.3. The first-order valence-electron chi connectivity index (χ1n) is 21.2. The summed E-state index contributed by atoms with van der Waals surface area (Å²) in [5, 5.41) is 4.73. The summed E-state index contributed by atoms with van der Waals surface area (Å²) in [5.41, 5.74) is 12.2. The van der Waals surface area contributed by atoms with Gasteiger partial charge in [0.25, 0.3) is 0 Å². The van der Waals surface area contributed by atoms with Gasteiger partial charge < -0.3 is 0 Å². The fraction of sp³-hybridized carbons (Fsp3) is 0.0877. The average molecular weight is 785 g/mol. The molecule has 0 unspecified atom stereocenters. The standard InChI is InChI=1S/C57H44N4/c1-3-57(4-2,49-31-27-43(28-32-49)53-37-51(41-17-7-5-8-18-41)58-55(60-53)47-25-23-39-15-11-13-21-45(39)35-47)50-33-29-44(30-34-50)54-38-52(42-19-9-6-10-20-42)59-56(61-54)48-26-24-40-16-12-14-22-46(40)36-48/h5-38H,3-4H2,1-2H3. The third kappa shape index (κ3) is 7.38. The number of rotatable bonds is 10. The molecular formula is C57H44N4. The minimum Gasteiger partial charge on any atom is -0.228 e. The lowest BCUT2D eigenvalue weighted by atomic mass is 9.70. The van der Waals surface area contributed by atoms with Gasteiger partial charge >= 0.3 is 0 Å². The van der Waals surface area contributed by atoms with E-state index >= 15 is 0 Å². The van der Waals surface area contributed by atoms with Crippen molar-refractivity contribution in [2.75, 3.05) is 0 Å². The highest BCUT2D eigenvalue weighted by molar-refractivity contribution is 5.88. The first-order valence-corrected chi connectivity index (χ1v) is 21.2. The molecule has 0 atom stereocenters. The van der Waals surface area contributed by atoms with E-state index in [9.17, 15) is 0 Å². The van der Waals surface area contributed by atoms with E-state index in [0.29, 0.717) is 11.6 Å². The zero-order valence-corrected chi connectivity index (χ0v) is 34.3. The minimum absolute atomic E-state index is 0.175. The lowest BCUT2D eigenvalue weighted by Crippen LogP contribution is -2.26. The molecule has 0 aliphatic carbocycles. The Morgan fingerprint density at radius 2 is 0.607 bits per heavy atom. The largest absolute Gasteiger partial charge is 0.228 e. The second-order valence-corrected chi connectivity index (χ2v) is 15.7. The van der Waals surface area contributed by atoms with Crippen molar-refractivity contribution in [2.24, 2.45) is 0 Å². The van der Waals surface area contributed by atoms with E-state index in [1.54, 1.807) is 0 Å². The zero-order valence-electron chi connectivity index (χ0n) is 34.3. The monoisotopic (exact) mass is 784 g/mol. The number of fused-ring (bicyclic) bond motifs is 2. The van der Waals surface area contributed by atoms with E-state index in [1.807, 2.05) is 12.1 Å². The zero-order chi connectivity index (χ0) is 41.2. The smallest absolute Gasteiger partial charge is 0.160 e. The van der Waals surface area contributed by atoms with E-state index in [0.717, 1.165) is 69.0 Å². The van der Waals surface area contributed by atoms with Crippen LogP contribution in [0.1, 0.15) is 37.8 Å². The van der Waals surface area contributed by atoms with Crippen molar-refractivity contribution in [3.63, 3.8) is 0 Å². The van der Waals surface area contributed by atoms with Crippen LogP contribution in [0.15, 0.2) is 206 Å². The van der Waals surface area contributed by atoms with E-state index in [2.05, 4.69) is 208 Å². The minimum atomic E-state index is -0.175. The molecule has 0 spiro atoms. The summed E-state index contributed by atoms with van der Waals surface area (Å²) in [6.45, 7) is 4.59. The topological polar surface area (TPSA) is 51.6 Å². The second kappa shape index (κ2) is 16.2. The van der Waals surface area contributed by atoms with E-state index in [4.69, 9.17) is 19.9 Å². The highest BCUT2D eigenvalue weighted by Gasteiger charge is 2.31. The molecule has 0 radical (unpaired) electrons. The number of hydrogen-bond acceptors (Lipinski definition) is 4. The summed E-state index contributed by atoms with van der Waals surface area (Å²) >= 11 is 0. The molecule has 2 aromatic heterocycles. The van der Waals surface area contributed by atoms with Gasteiger partial charge in [0.1, 0.15) is 0 Å². The molecule has 0 amide bonds. The van der Waals surface area contributed by atoms with Gasteiger partial charge in [0, 0.05) is 38.8 Å². The van der Waals surface area contributed by atoms with Crippen molar-refractivity contribution >= 4 is 21.5 Å². The second-order valence-electron chi connectivity index (χ2n) is 15.7. The predicted molar refractivity (Wildman–Crippen MR) is 253 cm³/mol. The Bertz CT molecular complexity index is 2920. The van der Waals surface area contributed by atoms with Crippen LogP contribution in [0.25, 0.3) is 89.4 Å². The summed E-state index contributed by atoms with van der Waals surface area (Å²) in [6, 6.07) is 72.8. The van der Waals surface area contributed by atoms with Gasteiger partial charge in [0.2, 0.25) is 0 Å². The molecule has 0 fully saturated rings. The number of benzene rings is 8. The molecular weight excluding hydrogens is 741 g/mol. The van der Waals surface area contributed by atoms with Gasteiger partial charge in [-0.05, 0) is 69.8 Å². The molecule has 0 aliphatic heterocycles. The lowest BCUT2D eigenvalue weighted by molar-refractivity contribution is 0.478. The number of hydrogen-bond donors (Lipinski definition) is 0. The number of aromatic nitrogens is 4. The predicted octanol–water partition coefficient (Wildman–Crippen LogP) is 14.7. The Morgan fingerprint density at radius 3 is 0.967 bits per heavy atom. The Hall–Kier alpha value is -7.56. The van der Waals surface area contributed by atoms with Crippen molar-refractivity contribution in [3.8, 4) is 67.8 Å². The maximum atomic E-state index is 5.18. The van der Waals surface area contributed by atoms with Crippen molar-refractivity contribution in [2.45, 2.75) is 32.1 Å². The maximum absolute atomic E-state index is 5.18. The molecule has 10 rings (SSSR count). The highest BCUT2D eigenvalue weighted by Crippen LogP contribution is 2.41. The van der Waals surface area contributed by atoms with Crippen LogP contribution < -0.4 is 0 Å². The van der Waals surface area contributed by atoms with Crippen LogP contribution in [0.3, 0.4) is 0 Å². The van der Waals surface area contributed by atoms with Gasteiger partial charge in [-0.25, -0.2) is 19.9 Å². The first kappa shape index (κ1) is 37.7. The molecule has 292 valence electrons. The summed E-state index contributed by atoms with van der Waals surface area (Å²) in [6.07, 6.45) is 1.91. The Morgan fingerprint density at radius 1 is 0.295 bits per heavy atom. The van der Waals surface area contributed by atoms with E-state index < -0.39 is 0 Å². The lowest BCUT2D eigenvalue weighted by Gasteiger charge is -2.33. The SMILES string of the molecule is CCC(CC)(c1ccc(-c2cc(-c3ccccc3)nc(-c3ccc4ccccc4c3)n2)cc1)c1ccc(-c2cc(-c3ccccc3)nc(-c3ccc4ccccc4c3)n2)cc1. The molecule has 0 aliphatic rings. The fourth-order valence-corrected chi connectivity index (χ4v) is 8.77. The molecule has 0 saturated carbocycles. The molecule has 0 saturated heterocycles. The summed E-state index contributed by atoms with van der Waals surface area (Å²) in [4.78, 5) is 20.5. The normalized spacial score (nSPS) is 11.6. The van der Waals surface area contributed by atoms with Crippen LogP contribution in [0.4, 0.5) is 0 Å². The van der Waals surface area contributed by atoms with Gasteiger partial charge in [-0.15, -0.1) is 0 Å². The Kier molecular flexibility index (Phi) is 10.0. The van der Waals surface area contributed by atoms with Crippen LogP contribution >= 0.6 is 0 Å². The van der Waals surface area contributed by atoms with Crippen LogP contribution in [-0.2, 0) is 5.41 Å². The van der Waals surface area contributed by atoms with E-state index in [-0.39, 0.29) is 5.41 Å². The van der Waals surface area contributed by atoms with Crippen LogP contribution in [0.2, 0.25) is 0 Å². The molecule has 8 aromatic carbocycles. The fourth-order valence-electron chi connectivity index (χ4n) is 8.77. The Balaban J connectivity index is 0.997. The Labute approximate surface area is 357 Å². The highest BCUT2D eigenvalue weighted by atomic mass is 14.9. The van der Waals surface area contributed by atoms with Crippen molar-refractivity contribution in [1.29, 1.82) is 0 Å². The number of nitrogens with zero attached hydrogens (tertiary/aromatic N) is 4. The van der Waals surface area contributed by atoms with Crippen molar-refractivity contribution in [3.05, 3.63) is 217 Å². The van der Waals surface area contributed by atoms with Gasteiger partial charge in [0.05, 0.1) is 22.8 Å². The average Bonchev–Trinajstić information content (AvgIpc) is 3.35. The van der Waals surface area contributed by atoms with Crippen molar-refractivity contribution < 1.29 is 0 Å². The molecule has 4 nitrogen and oxygen atoms in total. The quantitative estimate of drug-likeness (QED) is 0.139. The van der Waals surface area contributed by atoms with Gasteiger partial charge in [-0.1, -0.05) is 196 Å². The van der Waals surface area contributed by atoms with Gasteiger partial charge in [-0.2, -0.15) is 0 Å². The molecule has 2 heterocycles. The summed E-state index contributed by atoms with van der Waals surface area (Å²) in [5.74, 6) is 1.43. The summed E-state index contributed by atoms with van der Waals surface area (Å²) in [7, 11) is 0. The van der Waals surface area contributed by atoms with Crippen LogP contribution in [0, 0.1) is 0 Å². The summed E-state index contributed by atoms with van der Waals surface area (Å²) < 4.78 is 0. The molecule has 0 N–H and O–H groups in total. The van der Waals surface area contributed by atoms with Crippen molar-refractivity contribution in [1.82, 2.24) is 19.9 Å². The molecule has 10 aromatic rings. The molecule has 0 bridgehead atoms. The van der Waals surface area contributed by atoms with E-state index in [1.165, 1.54) is 32.7 Å². The maximum Gasteiger partial charge on any atom is 0.160 e. The van der Waals surface area contributed by atoms with Gasteiger partial charge in [0.15, 0.2) is 11.6 Å². The van der Waals surface area contributed by atoms with Crippen LogP contribution in [0.5, 0.6) is 0 Å². The van der Waals surface area contributed by atoms with Crippen LogP contribution in [-0.4, -0.2) is 19.9 Å². The molecule has 61 heavy (non-hydrogen) atoms. The molecule has 4 heteroatoms.